The molecule has 8 heteroatoms. The van der Waals surface area contributed by atoms with Crippen molar-refractivity contribution >= 4 is 34.3 Å². The Morgan fingerprint density at radius 1 is 1.18 bits per heavy atom. The monoisotopic (exact) mass is 393 g/mol. The molecular formula is C20H19N5O2S. The fourth-order valence-electron chi connectivity index (χ4n) is 2.97. The van der Waals surface area contributed by atoms with E-state index in [-0.39, 0.29) is 5.91 Å². The van der Waals surface area contributed by atoms with E-state index in [9.17, 15) is 4.79 Å². The van der Waals surface area contributed by atoms with E-state index in [2.05, 4.69) is 44.8 Å². The summed E-state index contributed by atoms with van der Waals surface area (Å²) in [5.41, 5.74) is 1.15. The summed E-state index contributed by atoms with van der Waals surface area (Å²) in [5.74, 6) is 2.53. The number of benzene rings is 2. The molecule has 0 aliphatic heterocycles. The molecule has 2 aromatic carbocycles. The molecule has 142 valence electrons. The Morgan fingerprint density at radius 3 is 2.89 bits per heavy atom. The van der Waals surface area contributed by atoms with Gasteiger partial charge in [-0.15, -0.1) is 11.8 Å². The van der Waals surface area contributed by atoms with Gasteiger partial charge in [-0.25, -0.2) is 4.68 Å². The number of hydrogen-bond acceptors (Lipinski definition) is 6. The van der Waals surface area contributed by atoms with Crippen LogP contribution in [-0.4, -0.2) is 31.6 Å². The summed E-state index contributed by atoms with van der Waals surface area (Å²) in [7, 11) is 0. The molecule has 7 nitrogen and oxygen atoms in total. The smallest absolute Gasteiger partial charge is 0.235 e. The van der Waals surface area contributed by atoms with Gasteiger partial charge in [0.2, 0.25) is 11.8 Å². The average molecular weight is 393 g/mol. The normalized spacial score (nSPS) is 11.0. The number of amides is 1. The molecule has 28 heavy (non-hydrogen) atoms. The number of aromatic nitrogens is 4. The van der Waals surface area contributed by atoms with Gasteiger partial charge in [0, 0.05) is 13.0 Å². The van der Waals surface area contributed by atoms with Crippen LogP contribution in [0.25, 0.3) is 10.8 Å². The molecule has 2 heterocycles. The second kappa shape index (κ2) is 8.26. The highest BCUT2D eigenvalue weighted by molar-refractivity contribution is 7.99. The van der Waals surface area contributed by atoms with Crippen molar-refractivity contribution in [2.75, 3.05) is 11.1 Å². The second-order valence-electron chi connectivity index (χ2n) is 6.28. The van der Waals surface area contributed by atoms with Crippen molar-refractivity contribution in [3.8, 4) is 0 Å². The number of rotatable bonds is 7. The molecule has 0 radical (unpaired) electrons. The zero-order chi connectivity index (χ0) is 19.3. The third-order valence-electron chi connectivity index (χ3n) is 4.22. The molecule has 0 atom stereocenters. The first kappa shape index (κ1) is 18.2. The third kappa shape index (κ3) is 4.23. The molecular weight excluding hydrogens is 374 g/mol. The summed E-state index contributed by atoms with van der Waals surface area (Å²) >= 11 is 1.43. The van der Waals surface area contributed by atoms with Gasteiger partial charge in [-0.2, -0.15) is 10.1 Å². The minimum atomic E-state index is -0.0927. The highest BCUT2D eigenvalue weighted by Gasteiger charge is 2.10. The summed E-state index contributed by atoms with van der Waals surface area (Å²) in [6, 6.07) is 16.3. The van der Waals surface area contributed by atoms with Gasteiger partial charge in [-0.3, -0.25) is 4.79 Å². The molecule has 0 aliphatic rings. The fourth-order valence-corrected chi connectivity index (χ4v) is 3.63. The first-order valence-corrected chi connectivity index (χ1v) is 10.00. The van der Waals surface area contributed by atoms with Crippen LogP contribution in [0.5, 0.6) is 0 Å². The van der Waals surface area contributed by atoms with Crippen LogP contribution in [0.2, 0.25) is 0 Å². The quantitative estimate of drug-likeness (QED) is 0.516. The van der Waals surface area contributed by atoms with Crippen molar-refractivity contribution in [2.45, 2.75) is 19.2 Å². The van der Waals surface area contributed by atoms with Gasteiger partial charge in [-0.05, 0) is 16.3 Å². The van der Waals surface area contributed by atoms with E-state index in [0.29, 0.717) is 35.6 Å². The lowest BCUT2D eigenvalue weighted by molar-refractivity contribution is -0.113. The molecule has 4 aromatic rings. The maximum absolute atomic E-state index is 12.3. The Balaban J connectivity index is 1.39. The van der Waals surface area contributed by atoms with Gasteiger partial charge in [0.25, 0.3) is 0 Å². The summed E-state index contributed by atoms with van der Waals surface area (Å²) < 4.78 is 6.72. The molecule has 1 amide bonds. The first-order valence-electron chi connectivity index (χ1n) is 8.84. The van der Waals surface area contributed by atoms with Crippen molar-refractivity contribution in [1.29, 1.82) is 0 Å². The van der Waals surface area contributed by atoms with E-state index < -0.39 is 0 Å². The zero-order valence-corrected chi connectivity index (χ0v) is 16.1. The van der Waals surface area contributed by atoms with Crippen molar-refractivity contribution in [3.05, 3.63) is 72.0 Å². The molecule has 1 N–H and O–H groups in total. The van der Waals surface area contributed by atoms with Crippen LogP contribution >= 0.6 is 11.8 Å². The molecule has 0 saturated carbocycles. The van der Waals surface area contributed by atoms with Gasteiger partial charge in [0.1, 0.15) is 5.82 Å². The number of aryl methyl sites for hydroxylation is 1. The lowest BCUT2D eigenvalue weighted by Gasteiger charge is -2.11. The molecule has 0 fully saturated rings. The van der Waals surface area contributed by atoms with Crippen LogP contribution in [0.1, 0.15) is 17.3 Å². The van der Waals surface area contributed by atoms with E-state index in [0.717, 1.165) is 5.56 Å². The van der Waals surface area contributed by atoms with Crippen molar-refractivity contribution in [1.82, 2.24) is 19.9 Å². The maximum atomic E-state index is 12.3. The Kier molecular flexibility index (Phi) is 5.38. The predicted molar refractivity (Wildman–Crippen MR) is 109 cm³/mol. The van der Waals surface area contributed by atoms with Crippen LogP contribution in [0.15, 0.2) is 59.3 Å². The highest BCUT2D eigenvalue weighted by Crippen LogP contribution is 2.21. The van der Waals surface area contributed by atoms with E-state index in [1.807, 2.05) is 18.2 Å². The van der Waals surface area contributed by atoms with Crippen LogP contribution < -0.4 is 5.32 Å². The predicted octanol–water partition coefficient (Wildman–Crippen LogP) is 3.65. The Bertz CT molecular complexity index is 1100. The van der Waals surface area contributed by atoms with E-state index in [1.54, 1.807) is 23.9 Å². The van der Waals surface area contributed by atoms with Crippen molar-refractivity contribution in [3.63, 3.8) is 0 Å². The number of thioether (sulfide) groups is 1. The number of carbonyl (C=O) groups excluding carboxylic acids is 1. The highest BCUT2D eigenvalue weighted by atomic mass is 32.2. The van der Waals surface area contributed by atoms with Crippen LogP contribution in [0.3, 0.4) is 0 Å². The number of anilines is 1. The third-order valence-corrected chi connectivity index (χ3v) is 5.15. The molecule has 0 spiro atoms. The molecule has 4 rings (SSSR count). The van der Waals surface area contributed by atoms with Crippen molar-refractivity contribution in [2.24, 2.45) is 0 Å². The van der Waals surface area contributed by atoms with Gasteiger partial charge in [-0.1, -0.05) is 47.6 Å². The summed E-state index contributed by atoms with van der Waals surface area (Å²) in [4.78, 5) is 16.4. The standard InChI is InChI=1S/C20H19N5O2S/c1-14-22-18(24-27-14)12-28-13-20(26)23-19-9-10-21-25(19)11-16-7-4-6-15-5-2-3-8-17(15)16/h2-10H,11-13H2,1H3,(H,23,26). The molecule has 0 bridgehead atoms. The average Bonchev–Trinajstić information content (AvgIpc) is 3.31. The van der Waals surface area contributed by atoms with E-state index in [4.69, 9.17) is 4.52 Å². The van der Waals surface area contributed by atoms with Gasteiger partial charge in [0.05, 0.1) is 24.2 Å². The minimum Gasteiger partial charge on any atom is -0.340 e. The van der Waals surface area contributed by atoms with Crippen LogP contribution in [0.4, 0.5) is 5.82 Å². The Hall–Kier alpha value is -3.13. The van der Waals surface area contributed by atoms with Gasteiger partial charge < -0.3 is 9.84 Å². The largest absolute Gasteiger partial charge is 0.340 e. The summed E-state index contributed by atoms with van der Waals surface area (Å²) in [6.07, 6.45) is 1.69. The Labute approximate surface area is 166 Å². The lowest BCUT2D eigenvalue weighted by Crippen LogP contribution is -2.18. The number of fused-ring (bicyclic) bond motifs is 1. The van der Waals surface area contributed by atoms with Crippen molar-refractivity contribution < 1.29 is 9.32 Å². The number of nitrogens with one attached hydrogen (secondary N) is 1. The topological polar surface area (TPSA) is 85.8 Å². The molecule has 0 saturated heterocycles. The molecule has 2 aromatic heterocycles. The molecule has 0 aliphatic carbocycles. The van der Waals surface area contributed by atoms with Crippen LogP contribution in [0, 0.1) is 6.92 Å². The second-order valence-corrected chi connectivity index (χ2v) is 7.27. The number of hydrogen-bond donors (Lipinski definition) is 1. The summed E-state index contributed by atoms with van der Waals surface area (Å²) in [6.45, 7) is 2.32. The molecule has 0 unspecified atom stereocenters. The number of carbonyl (C=O) groups is 1. The summed E-state index contributed by atoms with van der Waals surface area (Å²) in [5, 5.41) is 13.5. The number of nitrogens with zero attached hydrogens (tertiary/aromatic N) is 4. The maximum Gasteiger partial charge on any atom is 0.235 e. The van der Waals surface area contributed by atoms with Crippen LogP contribution in [-0.2, 0) is 17.1 Å². The lowest BCUT2D eigenvalue weighted by atomic mass is 10.0. The van der Waals surface area contributed by atoms with E-state index in [1.165, 1.54) is 22.5 Å². The zero-order valence-electron chi connectivity index (χ0n) is 15.3. The Morgan fingerprint density at radius 2 is 2.04 bits per heavy atom. The van der Waals surface area contributed by atoms with E-state index >= 15 is 0 Å². The van der Waals surface area contributed by atoms with Gasteiger partial charge in [0.15, 0.2) is 5.82 Å². The SMILES string of the molecule is Cc1nc(CSCC(=O)Nc2ccnn2Cc2cccc3ccccc23)no1. The fraction of sp³-hybridized carbons (Fsp3) is 0.200. The minimum absolute atomic E-state index is 0.0927. The first-order chi connectivity index (χ1) is 13.7. The van der Waals surface area contributed by atoms with Gasteiger partial charge >= 0.3 is 0 Å².